The van der Waals surface area contributed by atoms with Crippen molar-refractivity contribution in [2.75, 3.05) is 10.6 Å². The number of rotatable bonds is 5. The third-order valence-electron chi connectivity index (χ3n) is 3.70. The highest BCUT2D eigenvalue weighted by Crippen LogP contribution is 2.13. The van der Waals surface area contributed by atoms with Gasteiger partial charge in [0.05, 0.1) is 0 Å². The average Bonchev–Trinajstić information content (AvgIpc) is 2.65. The molecule has 4 heteroatoms. The number of Topliss-reactive ketones (excluding diaryl/α,β-unsaturated/α-hetero) is 1. The van der Waals surface area contributed by atoms with Crippen molar-refractivity contribution in [3.05, 3.63) is 96.1 Å². The fourth-order valence-electron chi connectivity index (χ4n) is 2.43. The van der Waals surface area contributed by atoms with Crippen LogP contribution in [0.5, 0.6) is 0 Å². The second-order valence-corrected chi connectivity index (χ2v) is 5.61. The molecule has 0 aromatic heterocycles. The summed E-state index contributed by atoms with van der Waals surface area (Å²) in [5.74, 6) is 0.0723. The van der Waals surface area contributed by atoms with Crippen LogP contribution < -0.4 is 10.6 Å². The second-order valence-electron chi connectivity index (χ2n) is 5.61. The molecule has 25 heavy (non-hydrogen) atoms. The largest absolute Gasteiger partial charge is 0.323 e. The van der Waals surface area contributed by atoms with Gasteiger partial charge in [0.15, 0.2) is 5.78 Å². The molecule has 0 saturated heterocycles. The van der Waals surface area contributed by atoms with Gasteiger partial charge in [-0.3, -0.25) is 4.79 Å². The molecule has 0 aliphatic rings. The summed E-state index contributed by atoms with van der Waals surface area (Å²) in [7, 11) is 0. The number of nitrogens with one attached hydrogen (secondary N) is 2. The lowest BCUT2D eigenvalue weighted by Crippen LogP contribution is -2.19. The number of carbonyl (C=O) groups excluding carboxylic acids is 2. The highest BCUT2D eigenvalue weighted by molar-refractivity contribution is 6.00. The van der Waals surface area contributed by atoms with E-state index in [9.17, 15) is 9.59 Å². The van der Waals surface area contributed by atoms with Crippen LogP contribution in [0.15, 0.2) is 84.9 Å². The maximum absolute atomic E-state index is 12.2. The molecule has 4 nitrogen and oxygen atoms in total. The molecule has 2 amide bonds. The Hall–Kier alpha value is -3.40. The van der Waals surface area contributed by atoms with E-state index in [0.717, 1.165) is 11.3 Å². The minimum absolute atomic E-state index is 0.0723. The number of hydrogen-bond acceptors (Lipinski definition) is 2. The number of amides is 2. The third-order valence-corrected chi connectivity index (χ3v) is 3.70. The zero-order valence-corrected chi connectivity index (χ0v) is 13.6. The summed E-state index contributed by atoms with van der Waals surface area (Å²) in [6.07, 6.45) is 0.334. The van der Waals surface area contributed by atoms with Gasteiger partial charge in [0, 0.05) is 23.4 Å². The quantitative estimate of drug-likeness (QED) is 0.663. The predicted molar refractivity (Wildman–Crippen MR) is 100 cm³/mol. The summed E-state index contributed by atoms with van der Waals surface area (Å²) in [6, 6.07) is 25.4. The predicted octanol–water partition coefficient (Wildman–Crippen LogP) is 4.76. The fraction of sp³-hybridized carbons (Fsp3) is 0.0476. The molecule has 0 heterocycles. The van der Waals surface area contributed by atoms with Gasteiger partial charge >= 0.3 is 6.03 Å². The maximum Gasteiger partial charge on any atom is 0.323 e. The van der Waals surface area contributed by atoms with Crippen LogP contribution in [-0.4, -0.2) is 11.8 Å². The molecule has 0 bridgehead atoms. The zero-order chi connectivity index (χ0) is 17.5. The average molecular weight is 330 g/mol. The smallest absolute Gasteiger partial charge is 0.308 e. The van der Waals surface area contributed by atoms with Crippen molar-refractivity contribution in [2.24, 2.45) is 0 Å². The van der Waals surface area contributed by atoms with Gasteiger partial charge in [-0.05, 0) is 29.8 Å². The number of benzene rings is 3. The lowest BCUT2D eigenvalue weighted by Gasteiger charge is -2.08. The summed E-state index contributed by atoms with van der Waals surface area (Å²) in [6.45, 7) is 0. The maximum atomic E-state index is 12.2. The molecule has 0 atom stereocenters. The molecule has 124 valence electrons. The Morgan fingerprint density at radius 1 is 0.640 bits per heavy atom. The molecule has 3 aromatic carbocycles. The Bertz CT molecular complexity index is 844. The van der Waals surface area contributed by atoms with Crippen LogP contribution in [0, 0.1) is 0 Å². The summed E-state index contributed by atoms with van der Waals surface area (Å²) >= 11 is 0. The Balaban J connectivity index is 1.57. The number of ketones is 1. The van der Waals surface area contributed by atoms with Gasteiger partial charge in [-0.2, -0.15) is 0 Å². The summed E-state index contributed by atoms with van der Waals surface area (Å²) in [5, 5.41) is 5.52. The fourth-order valence-corrected chi connectivity index (χ4v) is 2.43. The van der Waals surface area contributed by atoms with Crippen LogP contribution in [0.25, 0.3) is 0 Å². The monoisotopic (exact) mass is 330 g/mol. The summed E-state index contributed by atoms with van der Waals surface area (Å²) < 4.78 is 0. The number of para-hydroxylation sites is 1. The first-order valence-electron chi connectivity index (χ1n) is 8.01. The van der Waals surface area contributed by atoms with E-state index < -0.39 is 0 Å². The molecule has 0 unspecified atom stereocenters. The van der Waals surface area contributed by atoms with Crippen molar-refractivity contribution >= 4 is 23.2 Å². The lowest BCUT2D eigenvalue weighted by molar-refractivity contribution is 0.0993. The Morgan fingerprint density at radius 3 is 1.76 bits per heavy atom. The molecule has 0 radical (unpaired) electrons. The molecule has 0 fully saturated rings. The highest BCUT2D eigenvalue weighted by Gasteiger charge is 2.07. The van der Waals surface area contributed by atoms with Crippen molar-refractivity contribution < 1.29 is 9.59 Å². The Morgan fingerprint density at radius 2 is 1.16 bits per heavy atom. The van der Waals surface area contributed by atoms with E-state index in [0.29, 0.717) is 17.7 Å². The lowest BCUT2D eigenvalue weighted by atomic mass is 10.0. The Kier molecular flexibility index (Phi) is 5.22. The van der Waals surface area contributed by atoms with Crippen molar-refractivity contribution in [2.45, 2.75) is 6.42 Å². The van der Waals surface area contributed by atoms with Crippen LogP contribution in [0.2, 0.25) is 0 Å². The van der Waals surface area contributed by atoms with E-state index in [-0.39, 0.29) is 11.8 Å². The van der Waals surface area contributed by atoms with E-state index in [2.05, 4.69) is 10.6 Å². The Labute approximate surface area is 146 Å². The highest BCUT2D eigenvalue weighted by atomic mass is 16.2. The number of hydrogen-bond donors (Lipinski definition) is 2. The molecular weight excluding hydrogens is 312 g/mol. The summed E-state index contributed by atoms with van der Waals surface area (Å²) in [5.41, 5.74) is 3.00. The molecule has 0 aliphatic carbocycles. The van der Waals surface area contributed by atoms with Gasteiger partial charge in [0.25, 0.3) is 0 Å². The molecule has 3 rings (SSSR count). The van der Waals surface area contributed by atoms with Gasteiger partial charge in [0.2, 0.25) is 0 Å². The molecule has 0 aliphatic heterocycles. The van der Waals surface area contributed by atoms with E-state index in [1.807, 2.05) is 72.8 Å². The van der Waals surface area contributed by atoms with Crippen molar-refractivity contribution in [1.29, 1.82) is 0 Å². The van der Waals surface area contributed by atoms with Crippen molar-refractivity contribution in [3.63, 3.8) is 0 Å². The normalized spacial score (nSPS) is 10.1. The van der Waals surface area contributed by atoms with E-state index >= 15 is 0 Å². The van der Waals surface area contributed by atoms with Crippen LogP contribution in [0.1, 0.15) is 15.9 Å². The van der Waals surface area contributed by atoms with Crippen molar-refractivity contribution in [3.8, 4) is 0 Å². The number of anilines is 2. The first-order valence-corrected chi connectivity index (χ1v) is 8.01. The molecule has 0 spiro atoms. The van der Waals surface area contributed by atoms with Crippen LogP contribution in [0.4, 0.5) is 16.2 Å². The third kappa shape index (κ3) is 4.78. The topological polar surface area (TPSA) is 58.2 Å². The minimum Gasteiger partial charge on any atom is -0.308 e. The minimum atomic E-state index is -0.306. The van der Waals surface area contributed by atoms with E-state index in [1.165, 1.54) is 0 Å². The van der Waals surface area contributed by atoms with Gasteiger partial charge < -0.3 is 10.6 Å². The summed E-state index contributed by atoms with van der Waals surface area (Å²) in [4.78, 5) is 24.2. The molecular formula is C21H18N2O2. The number of carbonyl (C=O) groups is 2. The standard InChI is InChI=1S/C21H18N2O2/c24-20(17-7-3-1-4-8-17)15-16-11-13-19(14-12-16)23-21(25)22-18-9-5-2-6-10-18/h1-14H,15H2,(H2,22,23,25). The van der Waals surface area contributed by atoms with E-state index in [1.54, 1.807) is 12.1 Å². The van der Waals surface area contributed by atoms with E-state index in [4.69, 9.17) is 0 Å². The van der Waals surface area contributed by atoms with Crippen LogP contribution in [-0.2, 0) is 6.42 Å². The van der Waals surface area contributed by atoms with Gasteiger partial charge in [-0.25, -0.2) is 4.79 Å². The first kappa shape index (κ1) is 16.5. The van der Waals surface area contributed by atoms with Gasteiger partial charge in [0.1, 0.15) is 0 Å². The second kappa shape index (κ2) is 7.93. The first-order chi connectivity index (χ1) is 12.2. The van der Waals surface area contributed by atoms with Crippen molar-refractivity contribution in [1.82, 2.24) is 0 Å². The number of urea groups is 1. The molecule has 3 aromatic rings. The SMILES string of the molecule is O=C(Nc1ccccc1)Nc1ccc(CC(=O)c2ccccc2)cc1. The zero-order valence-electron chi connectivity index (χ0n) is 13.6. The van der Waals surface area contributed by atoms with Crippen LogP contribution >= 0.6 is 0 Å². The van der Waals surface area contributed by atoms with Gasteiger partial charge in [-0.1, -0.05) is 60.7 Å². The molecule has 2 N–H and O–H groups in total. The van der Waals surface area contributed by atoms with Gasteiger partial charge in [-0.15, -0.1) is 0 Å². The van der Waals surface area contributed by atoms with Crippen LogP contribution in [0.3, 0.4) is 0 Å². The molecule has 0 saturated carbocycles.